The van der Waals surface area contributed by atoms with Crippen LogP contribution in [0.25, 0.3) is 5.69 Å². The van der Waals surface area contributed by atoms with Crippen molar-refractivity contribution in [2.24, 2.45) is 5.73 Å². The van der Waals surface area contributed by atoms with Crippen molar-refractivity contribution < 1.29 is 18.5 Å². The third-order valence-corrected chi connectivity index (χ3v) is 6.25. The van der Waals surface area contributed by atoms with Crippen molar-refractivity contribution in [2.75, 3.05) is 25.1 Å². The number of rotatable bonds is 6. The zero-order valence-electron chi connectivity index (χ0n) is 18.7. The normalized spacial score (nSPS) is 13.6. The third-order valence-electron chi connectivity index (χ3n) is 6.08. The Morgan fingerprint density at radius 2 is 1.76 bits per heavy atom. The fourth-order valence-electron chi connectivity index (χ4n) is 3.93. The van der Waals surface area contributed by atoms with Crippen LogP contribution in [-0.2, 0) is 16.0 Å². The molecule has 0 spiro atoms. The van der Waals surface area contributed by atoms with E-state index in [2.05, 4.69) is 36.0 Å². The van der Waals surface area contributed by atoms with Crippen molar-refractivity contribution in [1.82, 2.24) is 9.78 Å². The molecule has 33 heavy (non-hydrogen) atoms. The average molecular weight is 467 g/mol. The highest BCUT2D eigenvalue weighted by atomic mass is 32.1. The molecule has 2 aromatic carbocycles. The zero-order valence-corrected chi connectivity index (χ0v) is 19.6. The molecule has 0 bridgehead atoms. The van der Waals surface area contributed by atoms with Gasteiger partial charge < -0.3 is 19.6 Å². The molecule has 0 atom stereocenters. The van der Waals surface area contributed by atoms with Crippen molar-refractivity contribution in [3.8, 4) is 11.4 Å². The molecule has 0 saturated heterocycles. The highest BCUT2D eigenvalue weighted by Crippen LogP contribution is 2.31. The van der Waals surface area contributed by atoms with Crippen LogP contribution in [0.15, 0.2) is 48.5 Å². The minimum absolute atomic E-state index is 0.0869. The highest BCUT2D eigenvalue weighted by Gasteiger charge is 2.35. The first-order chi connectivity index (χ1) is 15.8. The van der Waals surface area contributed by atoms with E-state index in [0.717, 1.165) is 11.3 Å². The van der Waals surface area contributed by atoms with Gasteiger partial charge in [0, 0.05) is 42.7 Å². The van der Waals surface area contributed by atoms with Crippen molar-refractivity contribution in [3.63, 3.8) is 0 Å². The largest absolute Gasteiger partial charge is 0.497 e. The van der Waals surface area contributed by atoms with E-state index in [-0.39, 0.29) is 17.0 Å². The topological polar surface area (TPSA) is 99.7 Å². The number of nitrogens with zero attached hydrogens (tertiary/aromatic N) is 3. The maximum atomic E-state index is 13.6. The Bertz CT molecular complexity index is 1190. The maximum Gasteiger partial charge on any atom is 0.370 e. The molecule has 8 nitrogen and oxygen atoms in total. The summed E-state index contributed by atoms with van der Waals surface area (Å²) >= 11 is 3.64. The number of ether oxygens (including phenoxy) is 1. The fraction of sp³-hybridized carbons (Fsp3) is 0.292. The van der Waals surface area contributed by atoms with Crippen molar-refractivity contribution in [3.05, 3.63) is 71.0 Å². The van der Waals surface area contributed by atoms with E-state index in [1.54, 1.807) is 36.3 Å². The monoisotopic (exact) mass is 466 g/mol. The molecule has 3 aromatic rings. The van der Waals surface area contributed by atoms with Gasteiger partial charge in [0.1, 0.15) is 11.4 Å². The number of benzene rings is 2. The fourth-order valence-corrected chi connectivity index (χ4v) is 4.02. The molecule has 1 aliphatic heterocycles. The van der Waals surface area contributed by atoms with Crippen LogP contribution in [0.3, 0.4) is 0 Å². The summed E-state index contributed by atoms with van der Waals surface area (Å²) in [4.78, 5) is 27.7. The summed E-state index contributed by atoms with van der Waals surface area (Å²) in [5.41, 5.74) is 9.19. The first-order valence-corrected chi connectivity index (χ1v) is 10.9. The standard InChI is InChI=1S/C24H26N4O4S/c1-24(2,14-25)15-4-6-16(7-5-15)27-13-12-19-20(23(30)32-33)26-28(21(19)22(27)29)17-8-10-18(31-3)11-9-17/h4-11,33H,12-14,25H2,1-3H3. The number of thiol groups is 1. The molecule has 2 N–H and O–H groups in total. The van der Waals surface area contributed by atoms with Gasteiger partial charge in [-0.2, -0.15) is 5.10 Å². The second-order valence-electron chi connectivity index (χ2n) is 8.51. The quantitative estimate of drug-likeness (QED) is 0.427. The van der Waals surface area contributed by atoms with Crippen LogP contribution in [0, 0.1) is 0 Å². The van der Waals surface area contributed by atoms with Gasteiger partial charge in [0.15, 0.2) is 5.69 Å². The van der Waals surface area contributed by atoms with Gasteiger partial charge in [0.05, 0.1) is 12.8 Å². The molecule has 172 valence electrons. The summed E-state index contributed by atoms with van der Waals surface area (Å²) in [6.45, 7) is 5.08. The van der Waals surface area contributed by atoms with Gasteiger partial charge in [0.25, 0.3) is 5.91 Å². The lowest BCUT2D eigenvalue weighted by atomic mass is 9.85. The molecule has 1 amide bonds. The lowest BCUT2D eigenvalue weighted by Gasteiger charge is -2.29. The third kappa shape index (κ3) is 4.09. The molecule has 4 rings (SSSR count). The molecule has 0 unspecified atom stereocenters. The maximum absolute atomic E-state index is 13.6. The predicted molar refractivity (Wildman–Crippen MR) is 128 cm³/mol. The molecule has 0 saturated carbocycles. The van der Waals surface area contributed by atoms with Gasteiger partial charge in [-0.25, -0.2) is 9.48 Å². The summed E-state index contributed by atoms with van der Waals surface area (Å²) in [6, 6.07) is 14.9. The SMILES string of the molecule is COc1ccc(-n2nc(C(=O)OS)c3c2C(=O)N(c2ccc(C(C)(C)CN)cc2)CC3)cc1. The predicted octanol–water partition coefficient (Wildman–Crippen LogP) is 3.32. The number of fused-ring (bicyclic) bond motifs is 1. The molecule has 2 heterocycles. The van der Waals surface area contributed by atoms with E-state index in [0.29, 0.717) is 42.2 Å². The van der Waals surface area contributed by atoms with Gasteiger partial charge in [0.2, 0.25) is 0 Å². The molecular weight excluding hydrogens is 440 g/mol. The minimum Gasteiger partial charge on any atom is -0.497 e. The Labute approximate surface area is 197 Å². The summed E-state index contributed by atoms with van der Waals surface area (Å²) < 4.78 is 11.3. The molecule has 1 aromatic heterocycles. The average Bonchev–Trinajstić information content (AvgIpc) is 3.24. The van der Waals surface area contributed by atoms with Crippen LogP contribution in [0.1, 0.15) is 46.0 Å². The van der Waals surface area contributed by atoms with E-state index in [4.69, 9.17) is 10.5 Å². The Morgan fingerprint density at radius 1 is 1.12 bits per heavy atom. The molecule has 9 heteroatoms. The molecular formula is C24H26N4O4S. The van der Waals surface area contributed by atoms with E-state index < -0.39 is 5.97 Å². The van der Waals surface area contributed by atoms with Gasteiger partial charge >= 0.3 is 5.97 Å². The van der Waals surface area contributed by atoms with Crippen LogP contribution in [0.5, 0.6) is 5.75 Å². The number of anilines is 1. The Hall–Kier alpha value is -3.30. The number of amides is 1. The Morgan fingerprint density at radius 3 is 2.33 bits per heavy atom. The van der Waals surface area contributed by atoms with Crippen LogP contribution in [0.4, 0.5) is 5.69 Å². The molecule has 0 radical (unpaired) electrons. The number of nitrogens with two attached hydrogens (primary N) is 1. The summed E-state index contributed by atoms with van der Waals surface area (Å²) in [5.74, 6) is -0.275. The smallest absolute Gasteiger partial charge is 0.370 e. The number of hydrogen-bond donors (Lipinski definition) is 2. The minimum atomic E-state index is -0.698. The van der Waals surface area contributed by atoms with Crippen LogP contribution >= 0.6 is 12.9 Å². The van der Waals surface area contributed by atoms with Crippen LogP contribution in [0.2, 0.25) is 0 Å². The second kappa shape index (κ2) is 8.92. The Balaban J connectivity index is 1.76. The number of carbonyl (C=O) groups excluding carboxylic acids is 2. The second-order valence-corrected chi connectivity index (χ2v) is 8.69. The Kier molecular flexibility index (Phi) is 6.18. The van der Waals surface area contributed by atoms with Crippen LogP contribution < -0.4 is 15.4 Å². The van der Waals surface area contributed by atoms with Gasteiger partial charge in [-0.1, -0.05) is 26.0 Å². The first kappa shape index (κ1) is 22.9. The lowest BCUT2D eigenvalue weighted by molar-refractivity contribution is 0.0764. The van der Waals surface area contributed by atoms with Gasteiger partial charge in [-0.05, 0) is 48.4 Å². The molecule has 0 fully saturated rings. The number of aromatic nitrogens is 2. The van der Waals surface area contributed by atoms with Crippen molar-refractivity contribution >= 4 is 30.5 Å². The van der Waals surface area contributed by atoms with Crippen molar-refractivity contribution in [1.29, 1.82) is 0 Å². The molecule has 1 aliphatic rings. The summed E-state index contributed by atoms with van der Waals surface area (Å²) in [7, 11) is 1.58. The van der Waals surface area contributed by atoms with Crippen LogP contribution in [-0.4, -0.2) is 41.9 Å². The summed E-state index contributed by atoms with van der Waals surface area (Å²) in [5, 5.41) is 4.42. The number of carbonyl (C=O) groups is 2. The number of hydrogen-bond acceptors (Lipinski definition) is 7. The van der Waals surface area contributed by atoms with Gasteiger partial charge in [-0.3, -0.25) is 4.79 Å². The van der Waals surface area contributed by atoms with E-state index in [9.17, 15) is 9.59 Å². The van der Waals surface area contributed by atoms with E-state index in [1.807, 2.05) is 24.3 Å². The zero-order chi connectivity index (χ0) is 23.8. The lowest BCUT2D eigenvalue weighted by Crippen LogP contribution is -2.39. The molecule has 0 aliphatic carbocycles. The van der Waals surface area contributed by atoms with E-state index in [1.165, 1.54) is 4.68 Å². The van der Waals surface area contributed by atoms with E-state index >= 15 is 0 Å². The van der Waals surface area contributed by atoms with Crippen molar-refractivity contribution in [2.45, 2.75) is 25.7 Å². The first-order valence-electron chi connectivity index (χ1n) is 10.5. The number of methoxy groups -OCH3 is 1. The summed E-state index contributed by atoms with van der Waals surface area (Å²) in [6.07, 6.45) is 0.450. The van der Waals surface area contributed by atoms with Gasteiger partial charge in [-0.15, -0.1) is 0 Å². The highest BCUT2D eigenvalue weighted by molar-refractivity contribution is 7.75.